The molecule has 0 N–H and O–H groups in total. The number of benzene rings is 2. The third-order valence-electron chi connectivity index (χ3n) is 4.28. The number of rotatable bonds is 7. The number of hydrogen-bond donors (Lipinski definition) is 0. The molecule has 2 aromatic carbocycles. The minimum absolute atomic E-state index is 0.0751. The molecular weight excluding hydrogens is 404 g/mol. The summed E-state index contributed by atoms with van der Waals surface area (Å²) >= 11 is 6.56. The van der Waals surface area contributed by atoms with Crippen LogP contribution in [0.2, 0.25) is 0 Å². The van der Waals surface area contributed by atoms with Crippen LogP contribution in [-0.4, -0.2) is 28.3 Å². The highest BCUT2D eigenvalue weighted by molar-refractivity contribution is 8.26. The van der Waals surface area contributed by atoms with Crippen LogP contribution in [-0.2, 0) is 11.4 Å². The second kappa shape index (κ2) is 9.59. The standard InChI is InChI=1S/C22H20N2O3S2/c1-3-24-21(25)20(29-22(24)28)12-15-9-10-18(19(11-15)26-4-2)27-14-17-8-6-5-7-16(17)13-23/h5-12H,3-4,14H2,1-2H3. The SMILES string of the molecule is CCOc1cc(C=C2SC(=S)N(CC)C2=O)ccc1OCc1ccccc1C#N. The smallest absolute Gasteiger partial charge is 0.266 e. The van der Waals surface area contributed by atoms with Gasteiger partial charge in [0.15, 0.2) is 11.5 Å². The van der Waals surface area contributed by atoms with Crippen molar-refractivity contribution in [1.29, 1.82) is 5.26 Å². The summed E-state index contributed by atoms with van der Waals surface area (Å²) in [6, 6.07) is 15.0. The number of nitrogens with zero attached hydrogens (tertiary/aromatic N) is 2. The molecule has 1 heterocycles. The normalized spacial score (nSPS) is 14.9. The summed E-state index contributed by atoms with van der Waals surface area (Å²) in [7, 11) is 0. The molecular formula is C22H20N2O3S2. The van der Waals surface area contributed by atoms with Gasteiger partial charge in [-0.1, -0.05) is 48.2 Å². The van der Waals surface area contributed by atoms with Crippen molar-refractivity contribution in [3.8, 4) is 17.6 Å². The third kappa shape index (κ3) is 4.78. The van der Waals surface area contributed by atoms with Crippen LogP contribution in [0.4, 0.5) is 0 Å². The molecule has 7 heteroatoms. The van der Waals surface area contributed by atoms with Crippen molar-refractivity contribution in [2.24, 2.45) is 0 Å². The van der Waals surface area contributed by atoms with E-state index in [4.69, 9.17) is 21.7 Å². The Morgan fingerprint density at radius 2 is 1.97 bits per heavy atom. The van der Waals surface area contributed by atoms with Gasteiger partial charge in [0.05, 0.1) is 23.1 Å². The van der Waals surface area contributed by atoms with Crippen molar-refractivity contribution < 1.29 is 14.3 Å². The second-order valence-electron chi connectivity index (χ2n) is 6.12. The number of thiocarbonyl (C=S) groups is 1. The highest BCUT2D eigenvalue weighted by Gasteiger charge is 2.30. The molecule has 1 fully saturated rings. The van der Waals surface area contributed by atoms with Crippen molar-refractivity contribution in [2.45, 2.75) is 20.5 Å². The van der Waals surface area contributed by atoms with E-state index in [1.54, 1.807) is 11.0 Å². The Hall–Kier alpha value is -2.82. The van der Waals surface area contributed by atoms with Gasteiger partial charge in [0.25, 0.3) is 5.91 Å². The molecule has 0 atom stereocenters. The zero-order valence-electron chi connectivity index (χ0n) is 16.2. The Morgan fingerprint density at radius 3 is 2.66 bits per heavy atom. The molecule has 0 spiro atoms. The van der Waals surface area contributed by atoms with Gasteiger partial charge in [0.1, 0.15) is 10.9 Å². The first-order valence-electron chi connectivity index (χ1n) is 9.20. The highest BCUT2D eigenvalue weighted by Crippen LogP contribution is 2.35. The number of thioether (sulfide) groups is 1. The van der Waals surface area contributed by atoms with Gasteiger partial charge >= 0.3 is 0 Å². The molecule has 0 aliphatic carbocycles. The van der Waals surface area contributed by atoms with Crippen molar-refractivity contribution in [1.82, 2.24) is 4.90 Å². The number of carbonyl (C=O) groups is 1. The molecule has 148 valence electrons. The summed E-state index contributed by atoms with van der Waals surface area (Å²) < 4.78 is 12.2. The van der Waals surface area contributed by atoms with Crippen LogP contribution >= 0.6 is 24.0 Å². The van der Waals surface area contributed by atoms with Gasteiger partial charge in [-0.25, -0.2) is 0 Å². The topological polar surface area (TPSA) is 62.6 Å². The van der Waals surface area contributed by atoms with Gasteiger partial charge in [0.2, 0.25) is 0 Å². The first-order valence-corrected chi connectivity index (χ1v) is 10.4. The molecule has 3 rings (SSSR count). The fraction of sp³-hybridized carbons (Fsp3) is 0.227. The molecule has 0 aromatic heterocycles. The van der Waals surface area contributed by atoms with Crippen LogP contribution in [0.5, 0.6) is 11.5 Å². The predicted octanol–water partition coefficient (Wildman–Crippen LogP) is 4.76. The lowest BCUT2D eigenvalue weighted by molar-refractivity contribution is -0.121. The van der Waals surface area contributed by atoms with E-state index < -0.39 is 0 Å². The fourth-order valence-electron chi connectivity index (χ4n) is 2.84. The zero-order chi connectivity index (χ0) is 20.8. The van der Waals surface area contributed by atoms with Gasteiger partial charge in [-0.15, -0.1) is 0 Å². The number of amides is 1. The van der Waals surface area contributed by atoms with E-state index in [2.05, 4.69) is 6.07 Å². The lowest BCUT2D eigenvalue weighted by Crippen LogP contribution is -2.27. The van der Waals surface area contributed by atoms with Gasteiger partial charge in [0, 0.05) is 12.1 Å². The van der Waals surface area contributed by atoms with Crippen LogP contribution in [0.15, 0.2) is 47.4 Å². The number of likely N-dealkylation sites (N-methyl/N-ethyl adjacent to an activating group) is 1. The van der Waals surface area contributed by atoms with Gasteiger partial charge in [-0.3, -0.25) is 9.69 Å². The molecule has 0 bridgehead atoms. The van der Waals surface area contributed by atoms with E-state index in [0.29, 0.717) is 39.4 Å². The molecule has 1 aliphatic rings. The first kappa shape index (κ1) is 20.9. The summed E-state index contributed by atoms with van der Waals surface area (Å²) in [5.74, 6) is 1.09. The maximum Gasteiger partial charge on any atom is 0.266 e. The largest absolute Gasteiger partial charge is 0.490 e. The fourth-order valence-corrected chi connectivity index (χ4v) is 4.22. The Kier molecular flexibility index (Phi) is 6.91. The van der Waals surface area contributed by atoms with E-state index in [9.17, 15) is 10.1 Å². The minimum Gasteiger partial charge on any atom is -0.490 e. The molecule has 2 aromatic rings. The maximum absolute atomic E-state index is 12.4. The minimum atomic E-state index is -0.0751. The molecule has 1 amide bonds. The molecule has 0 saturated carbocycles. The number of carbonyl (C=O) groups excluding carboxylic acids is 1. The number of hydrogen-bond acceptors (Lipinski definition) is 6. The molecule has 0 unspecified atom stereocenters. The Bertz CT molecular complexity index is 1010. The molecule has 5 nitrogen and oxygen atoms in total. The molecule has 1 saturated heterocycles. The van der Waals surface area contributed by atoms with E-state index in [1.165, 1.54) is 11.8 Å². The second-order valence-corrected chi connectivity index (χ2v) is 7.80. The third-order valence-corrected chi connectivity index (χ3v) is 5.65. The van der Waals surface area contributed by atoms with Crippen LogP contribution in [0.3, 0.4) is 0 Å². The van der Waals surface area contributed by atoms with Gasteiger partial charge < -0.3 is 9.47 Å². The van der Waals surface area contributed by atoms with Gasteiger partial charge in [-0.2, -0.15) is 5.26 Å². The summed E-state index contributed by atoms with van der Waals surface area (Å²) in [5, 5.41) is 9.22. The van der Waals surface area contributed by atoms with Crippen LogP contribution in [0.25, 0.3) is 6.08 Å². The summed E-state index contributed by atoms with van der Waals surface area (Å²) in [4.78, 5) is 14.6. The van der Waals surface area contributed by atoms with Crippen molar-refractivity contribution in [3.05, 3.63) is 64.1 Å². The first-order chi connectivity index (χ1) is 14.1. The van der Waals surface area contributed by atoms with Crippen molar-refractivity contribution in [2.75, 3.05) is 13.2 Å². The lowest BCUT2D eigenvalue weighted by Gasteiger charge is -2.13. The quantitative estimate of drug-likeness (QED) is 0.472. The Morgan fingerprint density at radius 1 is 1.17 bits per heavy atom. The van der Waals surface area contributed by atoms with Crippen molar-refractivity contribution >= 4 is 40.3 Å². The van der Waals surface area contributed by atoms with Crippen LogP contribution in [0.1, 0.15) is 30.5 Å². The Balaban J connectivity index is 1.82. The van der Waals surface area contributed by atoms with Gasteiger partial charge in [-0.05, 0) is 43.7 Å². The molecule has 1 aliphatic heterocycles. The zero-order valence-corrected chi connectivity index (χ0v) is 17.8. The highest BCUT2D eigenvalue weighted by atomic mass is 32.2. The van der Waals surface area contributed by atoms with E-state index in [0.717, 1.165) is 11.1 Å². The predicted molar refractivity (Wildman–Crippen MR) is 119 cm³/mol. The lowest BCUT2D eigenvalue weighted by atomic mass is 10.1. The number of nitriles is 1. The maximum atomic E-state index is 12.4. The summed E-state index contributed by atoms with van der Waals surface area (Å²) in [6.45, 7) is 5.10. The average Bonchev–Trinajstić information content (AvgIpc) is 3.00. The van der Waals surface area contributed by atoms with E-state index in [-0.39, 0.29) is 12.5 Å². The molecule has 29 heavy (non-hydrogen) atoms. The summed E-state index contributed by atoms with van der Waals surface area (Å²) in [6.07, 6.45) is 1.81. The van der Waals surface area contributed by atoms with E-state index in [1.807, 2.05) is 56.3 Å². The molecule has 0 radical (unpaired) electrons. The van der Waals surface area contributed by atoms with Crippen molar-refractivity contribution in [3.63, 3.8) is 0 Å². The van der Waals surface area contributed by atoms with Crippen LogP contribution < -0.4 is 9.47 Å². The average molecular weight is 425 g/mol. The van der Waals surface area contributed by atoms with Crippen LogP contribution in [0, 0.1) is 11.3 Å². The number of ether oxygens (including phenoxy) is 2. The Labute approximate surface area is 179 Å². The van der Waals surface area contributed by atoms with E-state index >= 15 is 0 Å². The summed E-state index contributed by atoms with van der Waals surface area (Å²) in [5.41, 5.74) is 2.22. The monoisotopic (exact) mass is 424 g/mol.